The molecule has 0 unspecified atom stereocenters. The van der Waals surface area contributed by atoms with Crippen molar-refractivity contribution in [2.45, 2.75) is 44.9 Å². The molecule has 0 saturated carbocycles. The van der Waals surface area contributed by atoms with Gasteiger partial charge in [0.1, 0.15) is 0 Å². The van der Waals surface area contributed by atoms with Crippen LogP contribution in [0.15, 0.2) is 84.9 Å². The van der Waals surface area contributed by atoms with E-state index in [9.17, 15) is 0 Å². The van der Waals surface area contributed by atoms with Crippen LogP contribution in [0.25, 0.3) is 22.3 Å². The Bertz CT molecular complexity index is 1210. The van der Waals surface area contributed by atoms with Gasteiger partial charge in [0, 0.05) is 5.41 Å². The third-order valence-corrected chi connectivity index (χ3v) is 7.64. The van der Waals surface area contributed by atoms with Crippen molar-refractivity contribution in [2.75, 3.05) is 0 Å². The molecule has 4 aromatic rings. The molecular formula is C31H28. The fraction of sp³-hybridized carbons (Fsp3) is 0.226. The zero-order valence-electron chi connectivity index (χ0n) is 18.4. The van der Waals surface area contributed by atoms with Crippen LogP contribution in [0.1, 0.15) is 60.1 Å². The molecule has 4 aromatic carbocycles. The number of fused-ring (bicyclic) bond motifs is 6. The van der Waals surface area contributed by atoms with Gasteiger partial charge in [0.2, 0.25) is 0 Å². The summed E-state index contributed by atoms with van der Waals surface area (Å²) in [5, 5.41) is 0. The summed E-state index contributed by atoms with van der Waals surface area (Å²) in [7, 11) is 0. The minimum absolute atomic E-state index is 0.00945. The predicted molar refractivity (Wildman–Crippen MR) is 131 cm³/mol. The van der Waals surface area contributed by atoms with Crippen LogP contribution >= 0.6 is 0 Å². The van der Waals surface area contributed by atoms with Crippen LogP contribution < -0.4 is 0 Å². The Morgan fingerprint density at radius 3 is 1.52 bits per heavy atom. The summed E-state index contributed by atoms with van der Waals surface area (Å²) in [5.41, 5.74) is 14.8. The summed E-state index contributed by atoms with van der Waals surface area (Å²) in [4.78, 5) is 0. The summed E-state index contributed by atoms with van der Waals surface area (Å²) < 4.78 is 0. The number of rotatable bonds is 4. The molecule has 31 heavy (non-hydrogen) atoms. The first kappa shape index (κ1) is 18.6. The van der Waals surface area contributed by atoms with Crippen molar-refractivity contribution in [3.05, 3.63) is 118 Å². The van der Waals surface area contributed by atoms with E-state index in [0.29, 0.717) is 0 Å². The second kappa shape index (κ2) is 6.95. The van der Waals surface area contributed by atoms with Crippen molar-refractivity contribution >= 4 is 0 Å². The van der Waals surface area contributed by atoms with Crippen LogP contribution in [-0.4, -0.2) is 0 Å². The van der Waals surface area contributed by atoms with Crippen molar-refractivity contribution in [2.24, 2.45) is 0 Å². The van der Waals surface area contributed by atoms with E-state index in [0.717, 1.165) is 19.3 Å². The third kappa shape index (κ3) is 2.67. The second-order valence-corrected chi connectivity index (χ2v) is 9.41. The fourth-order valence-electron chi connectivity index (χ4n) is 6.26. The summed E-state index contributed by atoms with van der Waals surface area (Å²) in [6, 6.07) is 31.9. The summed E-state index contributed by atoms with van der Waals surface area (Å²) in [6.45, 7) is 4.82. The molecule has 0 radical (unpaired) electrons. The Kier molecular flexibility index (Phi) is 4.18. The average Bonchev–Trinajstić information content (AvgIpc) is 3.37. The van der Waals surface area contributed by atoms with Crippen molar-refractivity contribution in [3.8, 4) is 22.3 Å². The lowest BCUT2D eigenvalue weighted by Crippen LogP contribution is -2.26. The van der Waals surface area contributed by atoms with E-state index in [1.165, 1.54) is 62.1 Å². The molecule has 6 rings (SSSR count). The minimum atomic E-state index is 0.00945. The molecule has 0 aliphatic heterocycles. The van der Waals surface area contributed by atoms with Gasteiger partial charge in [-0.2, -0.15) is 0 Å². The number of hydrogen-bond donors (Lipinski definition) is 0. The van der Waals surface area contributed by atoms with Gasteiger partial charge in [-0.25, -0.2) is 0 Å². The Morgan fingerprint density at radius 2 is 1.03 bits per heavy atom. The van der Waals surface area contributed by atoms with E-state index in [4.69, 9.17) is 0 Å². The van der Waals surface area contributed by atoms with Crippen molar-refractivity contribution in [1.29, 1.82) is 0 Å². The van der Waals surface area contributed by atoms with Crippen LogP contribution in [0.3, 0.4) is 0 Å². The maximum absolute atomic E-state index is 2.49. The molecule has 0 heterocycles. The Labute approximate surface area is 185 Å². The number of hydrogen-bond acceptors (Lipinski definition) is 0. The molecule has 0 nitrogen and oxygen atoms in total. The van der Waals surface area contributed by atoms with Gasteiger partial charge >= 0.3 is 0 Å². The molecule has 0 fully saturated rings. The summed E-state index contributed by atoms with van der Waals surface area (Å²) in [5.74, 6) is 0. The molecule has 0 heteroatoms. The van der Waals surface area contributed by atoms with E-state index < -0.39 is 0 Å². The van der Waals surface area contributed by atoms with Crippen LogP contribution in [0.2, 0.25) is 0 Å². The molecule has 0 N–H and O–H groups in total. The Hall–Kier alpha value is -3.12. The molecule has 0 saturated heterocycles. The Morgan fingerprint density at radius 1 is 0.581 bits per heavy atom. The lowest BCUT2D eigenvalue weighted by molar-refractivity contribution is 0.505. The SMILES string of the molecule is CCCC(C)(c1cccc2c1Cc1ccccc1-2)c1cccc2c1Cc1ccccc1-2. The van der Waals surface area contributed by atoms with Crippen molar-refractivity contribution < 1.29 is 0 Å². The molecule has 152 valence electrons. The normalized spacial score (nSPS) is 13.5. The van der Waals surface area contributed by atoms with Crippen LogP contribution in [0.4, 0.5) is 0 Å². The van der Waals surface area contributed by atoms with E-state index in [2.05, 4.69) is 98.8 Å². The standard InChI is InChI=1S/C31H28/c1-3-18-31(2,29-16-8-14-25-23-12-6-4-10-21(23)19-27(25)29)30-17-9-15-26-24-13-7-5-11-22(24)20-28(26)30/h4-17H,3,18-20H2,1-2H3. The van der Waals surface area contributed by atoms with Crippen molar-refractivity contribution in [1.82, 2.24) is 0 Å². The average molecular weight is 401 g/mol. The highest BCUT2D eigenvalue weighted by Crippen LogP contribution is 2.49. The van der Waals surface area contributed by atoms with Gasteiger partial charge < -0.3 is 0 Å². The lowest BCUT2D eigenvalue weighted by Gasteiger charge is -2.35. The van der Waals surface area contributed by atoms with Gasteiger partial charge in [0.15, 0.2) is 0 Å². The van der Waals surface area contributed by atoms with Gasteiger partial charge in [-0.05, 0) is 74.9 Å². The van der Waals surface area contributed by atoms with Crippen LogP contribution in [-0.2, 0) is 18.3 Å². The fourth-order valence-corrected chi connectivity index (χ4v) is 6.26. The van der Waals surface area contributed by atoms with Gasteiger partial charge in [-0.3, -0.25) is 0 Å². The highest BCUT2D eigenvalue weighted by Gasteiger charge is 2.36. The molecular weight excluding hydrogens is 372 g/mol. The quantitative estimate of drug-likeness (QED) is 0.282. The maximum Gasteiger partial charge on any atom is 0.0180 e. The summed E-state index contributed by atoms with van der Waals surface area (Å²) >= 11 is 0. The van der Waals surface area contributed by atoms with Crippen molar-refractivity contribution in [3.63, 3.8) is 0 Å². The molecule has 0 bridgehead atoms. The van der Waals surface area contributed by atoms with Crippen LogP contribution in [0, 0.1) is 0 Å². The highest BCUT2D eigenvalue weighted by atomic mass is 14.4. The zero-order valence-corrected chi connectivity index (χ0v) is 18.4. The van der Waals surface area contributed by atoms with Gasteiger partial charge in [0.05, 0.1) is 0 Å². The lowest BCUT2D eigenvalue weighted by atomic mass is 9.69. The summed E-state index contributed by atoms with van der Waals surface area (Å²) in [6.07, 6.45) is 4.43. The van der Waals surface area contributed by atoms with E-state index in [1.54, 1.807) is 0 Å². The largest absolute Gasteiger partial charge is 0.0653 e. The van der Waals surface area contributed by atoms with Gasteiger partial charge in [-0.1, -0.05) is 105 Å². The predicted octanol–water partition coefficient (Wildman–Crippen LogP) is 7.94. The van der Waals surface area contributed by atoms with Gasteiger partial charge in [0.25, 0.3) is 0 Å². The minimum Gasteiger partial charge on any atom is -0.0653 e. The molecule has 2 aliphatic carbocycles. The number of benzene rings is 4. The molecule has 2 aliphatic rings. The molecule has 0 amide bonds. The first-order valence-corrected chi connectivity index (χ1v) is 11.6. The maximum atomic E-state index is 2.49. The first-order chi connectivity index (χ1) is 15.2. The monoisotopic (exact) mass is 400 g/mol. The van der Waals surface area contributed by atoms with E-state index >= 15 is 0 Å². The van der Waals surface area contributed by atoms with E-state index in [1.807, 2.05) is 0 Å². The second-order valence-electron chi connectivity index (χ2n) is 9.41. The van der Waals surface area contributed by atoms with Gasteiger partial charge in [-0.15, -0.1) is 0 Å². The topological polar surface area (TPSA) is 0 Å². The first-order valence-electron chi connectivity index (χ1n) is 11.6. The molecule has 0 aromatic heterocycles. The molecule has 0 spiro atoms. The molecule has 0 atom stereocenters. The Balaban J connectivity index is 1.56. The van der Waals surface area contributed by atoms with E-state index in [-0.39, 0.29) is 5.41 Å². The smallest absolute Gasteiger partial charge is 0.0180 e. The van der Waals surface area contributed by atoms with Crippen LogP contribution in [0.5, 0.6) is 0 Å². The third-order valence-electron chi connectivity index (χ3n) is 7.64. The highest BCUT2D eigenvalue weighted by molar-refractivity contribution is 5.81. The zero-order chi connectivity index (χ0) is 21.0.